The Morgan fingerprint density at radius 2 is 2.04 bits per heavy atom. The number of nitrogens with zero attached hydrogens (tertiary/aromatic N) is 1. The summed E-state index contributed by atoms with van der Waals surface area (Å²) in [7, 11) is 0. The Morgan fingerprint density at radius 1 is 1.22 bits per heavy atom. The van der Waals surface area contributed by atoms with Crippen molar-refractivity contribution in [1.29, 1.82) is 0 Å². The number of anilines is 1. The lowest BCUT2D eigenvalue weighted by Gasteiger charge is -2.05. The number of carbonyl (C=O) groups is 2. The zero-order chi connectivity index (χ0) is 19.1. The third-order valence-electron chi connectivity index (χ3n) is 3.53. The molecule has 2 amide bonds. The van der Waals surface area contributed by atoms with E-state index in [-0.39, 0.29) is 18.2 Å². The highest BCUT2D eigenvalue weighted by atomic mass is 32.1. The van der Waals surface area contributed by atoms with Crippen molar-refractivity contribution in [2.75, 3.05) is 18.5 Å². The van der Waals surface area contributed by atoms with Crippen LogP contribution in [0.15, 0.2) is 52.5 Å². The van der Waals surface area contributed by atoms with Gasteiger partial charge < -0.3 is 19.8 Å². The molecule has 0 aliphatic rings. The molecule has 2 aromatic heterocycles. The molecule has 2 heterocycles. The number of carbonyl (C=O) groups excluding carboxylic acids is 2. The minimum Gasteiger partial charge on any atom is -0.494 e. The van der Waals surface area contributed by atoms with Gasteiger partial charge in [-0.15, -0.1) is 11.3 Å². The molecule has 7 nitrogen and oxygen atoms in total. The van der Waals surface area contributed by atoms with Gasteiger partial charge in [-0.25, -0.2) is 4.98 Å². The van der Waals surface area contributed by atoms with Crippen LogP contribution < -0.4 is 15.4 Å². The van der Waals surface area contributed by atoms with Crippen LogP contribution in [0.5, 0.6) is 5.75 Å². The number of rotatable bonds is 8. The quantitative estimate of drug-likeness (QED) is 0.618. The van der Waals surface area contributed by atoms with E-state index in [9.17, 15) is 9.59 Å². The zero-order valence-electron chi connectivity index (χ0n) is 14.7. The minimum absolute atomic E-state index is 0.158. The van der Waals surface area contributed by atoms with Gasteiger partial charge >= 0.3 is 0 Å². The van der Waals surface area contributed by atoms with Crippen molar-refractivity contribution in [2.45, 2.75) is 13.3 Å². The molecule has 140 valence electrons. The van der Waals surface area contributed by atoms with Gasteiger partial charge in [0, 0.05) is 10.9 Å². The van der Waals surface area contributed by atoms with Crippen molar-refractivity contribution in [3.05, 3.63) is 53.8 Å². The number of furan rings is 1. The summed E-state index contributed by atoms with van der Waals surface area (Å²) in [5.74, 6) is 0.168. The molecule has 0 aliphatic heterocycles. The predicted molar refractivity (Wildman–Crippen MR) is 103 cm³/mol. The molecule has 0 spiro atoms. The molecule has 1 aromatic carbocycles. The first-order chi connectivity index (χ1) is 13.2. The number of nitrogens with one attached hydrogen (secondary N) is 2. The third-order valence-corrected chi connectivity index (χ3v) is 4.29. The summed E-state index contributed by atoms with van der Waals surface area (Å²) in [5.41, 5.74) is 1.69. The highest BCUT2D eigenvalue weighted by Gasteiger charge is 2.12. The smallest absolute Gasteiger partial charge is 0.287 e. The molecule has 0 bridgehead atoms. The van der Waals surface area contributed by atoms with E-state index in [0.717, 1.165) is 23.4 Å². The Hall–Kier alpha value is -3.13. The van der Waals surface area contributed by atoms with Gasteiger partial charge in [-0.2, -0.15) is 0 Å². The number of amides is 2. The number of thiazole rings is 1. The van der Waals surface area contributed by atoms with Gasteiger partial charge in [-0.05, 0) is 42.8 Å². The van der Waals surface area contributed by atoms with Crippen LogP contribution in [0.3, 0.4) is 0 Å². The number of benzene rings is 1. The van der Waals surface area contributed by atoms with Crippen molar-refractivity contribution >= 4 is 28.3 Å². The van der Waals surface area contributed by atoms with Crippen molar-refractivity contribution in [3.63, 3.8) is 0 Å². The molecule has 0 unspecified atom stereocenters. The summed E-state index contributed by atoms with van der Waals surface area (Å²) in [5, 5.41) is 7.48. The highest BCUT2D eigenvalue weighted by Crippen LogP contribution is 2.26. The molecule has 3 aromatic rings. The number of ether oxygens (including phenoxy) is 1. The van der Waals surface area contributed by atoms with Crippen LogP contribution in [-0.2, 0) is 4.79 Å². The van der Waals surface area contributed by atoms with E-state index in [1.54, 1.807) is 6.07 Å². The van der Waals surface area contributed by atoms with E-state index in [0.29, 0.717) is 11.7 Å². The average Bonchev–Trinajstić information content (AvgIpc) is 3.37. The van der Waals surface area contributed by atoms with Gasteiger partial charge in [0.2, 0.25) is 5.91 Å². The average molecular weight is 385 g/mol. The lowest BCUT2D eigenvalue weighted by Crippen LogP contribution is -2.32. The van der Waals surface area contributed by atoms with Crippen molar-refractivity contribution in [1.82, 2.24) is 10.3 Å². The van der Waals surface area contributed by atoms with Gasteiger partial charge in [0.15, 0.2) is 10.9 Å². The van der Waals surface area contributed by atoms with Gasteiger partial charge in [0.1, 0.15) is 5.75 Å². The highest BCUT2D eigenvalue weighted by molar-refractivity contribution is 7.14. The van der Waals surface area contributed by atoms with Crippen LogP contribution >= 0.6 is 11.3 Å². The maximum absolute atomic E-state index is 12.0. The Bertz CT molecular complexity index is 888. The van der Waals surface area contributed by atoms with Crippen molar-refractivity contribution < 1.29 is 18.7 Å². The Labute approximate surface area is 160 Å². The van der Waals surface area contributed by atoms with Crippen LogP contribution in [-0.4, -0.2) is 29.9 Å². The Kier molecular flexibility index (Phi) is 6.22. The van der Waals surface area contributed by atoms with Gasteiger partial charge in [-0.1, -0.05) is 6.92 Å². The third kappa shape index (κ3) is 5.18. The SMILES string of the molecule is CCCOc1ccc(-c2csc(NC(=O)CNC(=O)c3ccco3)n2)cc1. The molecule has 0 saturated carbocycles. The van der Waals surface area contributed by atoms with E-state index in [2.05, 4.69) is 22.5 Å². The monoisotopic (exact) mass is 385 g/mol. The standard InChI is InChI=1S/C19H19N3O4S/c1-2-9-25-14-7-5-13(6-8-14)15-12-27-19(21-15)22-17(23)11-20-18(24)16-4-3-10-26-16/h3-8,10,12H,2,9,11H2,1H3,(H,20,24)(H,21,22,23). The van der Waals surface area contributed by atoms with E-state index in [4.69, 9.17) is 9.15 Å². The first-order valence-electron chi connectivity index (χ1n) is 8.46. The second-order valence-electron chi connectivity index (χ2n) is 5.62. The number of aromatic nitrogens is 1. The fraction of sp³-hybridized carbons (Fsp3) is 0.211. The molecule has 0 aliphatic carbocycles. The maximum atomic E-state index is 12.0. The first-order valence-corrected chi connectivity index (χ1v) is 9.34. The summed E-state index contributed by atoms with van der Waals surface area (Å²) < 4.78 is 10.5. The second-order valence-corrected chi connectivity index (χ2v) is 6.48. The van der Waals surface area contributed by atoms with Crippen LogP contribution in [0, 0.1) is 0 Å². The summed E-state index contributed by atoms with van der Waals surface area (Å²) in [6, 6.07) is 10.8. The molecule has 0 radical (unpaired) electrons. The van der Waals surface area contributed by atoms with Crippen LogP contribution in [0.25, 0.3) is 11.3 Å². The molecular weight excluding hydrogens is 366 g/mol. The molecule has 27 heavy (non-hydrogen) atoms. The molecular formula is C19H19N3O4S. The van der Waals surface area contributed by atoms with Gasteiger partial charge in [-0.3, -0.25) is 9.59 Å². The van der Waals surface area contributed by atoms with E-state index < -0.39 is 5.91 Å². The number of hydrogen-bond acceptors (Lipinski definition) is 6. The Balaban J connectivity index is 1.52. The molecule has 0 fully saturated rings. The predicted octanol–water partition coefficient (Wildman–Crippen LogP) is 3.56. The maximum Gasteiger partial charge on any atom is 0.287 e. The largest absolute Gasteiger partial charge is 0.494 e. The summed E-state index contributed by atoms with van der Waals surface area (Å²) in [6.07, 6.45) is 2.35. The lowest BCUT2D eigenvalue weighted by molar-refractivity contribution is -0.115. The normalized spacial score (nSPS) is 10.4. The zero-order valence-corrected chi connectivity index (χ0v) is 15.5. The van der Waals surface area contributed by atoms with E-state index in [1.165, 1.54) is 23.7 Å². The summed E-state index contributed by atoms with van der Waals surface area (Å²) >= 11 is 1.32. The van der Waals surface area contributed by atoms with E-state index >= 15 is 0 Å². The van der Waals surface area contributed by atoms with Crippen molar-refractivity contribution in [3.8, 4) is 17.0 Å². The molecule has 3 rings (SSSR count). The number of hydrogen-bond donors (Lipinski definition) is 2. The van der Waals surface area contributed by atoms with Crippen molar-refractivity contribution in [2.24, 2.45) is 0 Å². The fourth-order valence-electron chi connectivity index (χ4n) is 2.22. The first kappa shape index (κ1) is 18.7. The molecule has 8 heteroatoms. The topological polar surface area (TPSA) is 93.5 Å². The van der Waals surface area contributed by atoms with Crippen LogP contribution in [0.4, 0.5) is 5.13 Å². The summed E-state index contributed by atoms with van der Waals surface area (Å²) in [6.45, 7) is 2.57. The Morgan fingerprint density at radius 3 is 2.74 bits per heavy atom. The minimum atomic E-state index is -0.444. The molecule has 0 atom stereocenters. The molecule has 2 N–H and O–H groups in total. The van der Waals surface area contributed by atoms with Gasteiger partial charge in [0.25, 0.3) is 5.91 Å². The fourth-order valence-corrected chi connectivity index (χ4v) is 2.96. The lowest BCUT2D eigenvalue weighted by atomic mass is 10.2. The van der Waals surface area contributed by atoms with Crippen LogP contribution in [0.2, 0.25) is 0 Å². The van der Waals surface area contributed by atoms with E-state index in [1.807, 2.05) is 29.6 Å². The van der Waals surface area contributed by atoms with Gasteiger partial charge in [0.05, 0.1) is 25.1 Å². The molecule has 0 saturated heterocycles. The summed E-state index contributed by atoms with van der Waals surface area (Å²) in [4.78, 5) is 28.1. The second kappa shape index (κ2) is 9.00. The van der Waals surface area contributed by atoms with Crippen LogP contribution in [0.1, 0.15) is 23.9 Å².